The average Bonchev–Trinajstić information content (AvgIpc) is 2.95. The first-order chi connectivity index (χ1) is 12.0. The maximum Gasteiger partial charge on any atom is 0.239 e. The van der Waals surface area contributed by atoms with Crippen LogP contribution in [0, 0.1) is 13.8 Å². The Bertz CT molecular complexity index is 805. The Morgan fingerprint density at radius 2 is 1.96 bits per heavy atom. The largest absolute Gasteiger partial charge is 0.325 e. The van der Waals surface area contributed by atoms with Gasteiger partial charge in [0.25, 0.3) is 0 Å². The van der Waals surface area contributed by atoms with Crippen molar-refractivity contribution >= 4 is 46.6 Å². The highest BCUT2D eigenvalue weighted by molar-refractivity contribution is 8.00. The first kappa shape index (κ1) is 17.8. The number of hydrogen-bond acceptors (Lipinski definition) is 3. The Balaban J connectivity index is 1.94. The van der Waals surface area contributed by atoms with Crippen LogP contribution in [0.5, 0.6) is 0 Å². The first-order valence-corrected chi connectivity index (χ1v) is 9.54. The van der Waals surface area contributed by atoms with Crippen LogP contribution in [0.25, 0.3) is 0 Å². The van der Waals surface area contributed by atoms with Crippen molar-refractivity contribution in [2.45, 2.75) is 19.2 Å². The molecule has 6 heteroatoms. The Morgan fingerprint density at radius 3 is 2.64 bits per heavy atom. The minimum absolute atomic E-state index is 0.0877. The fourth-order valence-corrected chi connectivity index (χ4v) is 4.24. The SMILES string of the molecule is Cc1cc(C)cc(N2C(=O)CSC2c2cccc(NC(=O)CCl)c2)c1. The summed E-state index contributed by atoms with van der Waals surface area (Å²) in [7, 11) is 0. The van der Waals surface area contributed by atoms with Crippen LogP contribution < -0.4 is 10.2 Å². The second-order valence-electron chi connectivity index (χ2n) is 6.08. The number of aryl methyl sites for hydroxylation is 2. The lowest BCUT2D eigenvalue weighted by molar-refractivity contribution is -0.116. The fourth-order valence-electron chi connectivity index (χ4n) is 3.00. The first-order valence-electron chi connectivity index (χ1n) is 7.95. The van der Waals surface area contributed by atoms with Crippen LogP contribution in [0.3, 0.4) is 0 Å². The Labute approximate surface area is 156 Å². The molecule has 0 saturated carbocycles. The van der Waals surface area contributed by atoms with Gasteiger partial charge in [-0.2, -0.15) is 0 Å². The minimum atomic E-state index is -0.250. The fraction of sp³-hybridized carbons (Fsp3) is 0.263. The summed E-state index contributed by atoms with van der Waals surface area (Å²) in [4.78, 5) is 25.9. The van der Waals surface area contributed by atoms with Crippen molar-refractivity contribution in [1.29, 1.82) is 0 Å². The molecule has 130 valence electrons. The summed E-state index contributed by atoms with van der Waals surface area (Å²) in [6, 6.07) is 13.7. The maximum absolute atomic E-state index is 12.5. The number of amides is 2. The molecule has 1 fully saturated rings. The molecule has 4 nitrogen and oxygen atoms in total. The summed E-state index contributed by atoms with van der Waals surface area (Å²) in [5, 5.41) is 2.65. The van der Waals surface area contributed by atoms with Crippen LogP contribution in [-0.4, -0.2) is 23.4 Å². The molecule has 2 amide bonds. The van der Waals surface area contributed by atoms with E-state index in [2.05, 4.69) is 11.4 Å². The van der Waals surface area contributed by atoms with Crippen LogP contribution in [0.4, 0.5) is 11.4 Å². The summed E-state index contributed by atoms with van der Waals surface area (Å²) >= 11 is 7.14. The van der Waals surface area contributed by atoms with Crippen molar-refractivity contribution < 1.29 is 9.59 Å². The highest BCUT2D eigenvalue weighted by atomic mass is 35.5. The molecular formula is C19H19ClN2O2S. The van der Waals surface area contributed by atoms with Gasteiger partial charge in [-0.15, -0.1) is 23.4 Å². The van der Waals surface area contributed by atoms with E-state index in [1.807, 2.05) is 55.1 Å². The van der Waals surface area contributed by atoms with Crippen molar-refractivity contribution in [2.75, 3.05) is 21.8 Å². The van der Waals surface area contributed by atoms with Gasteiger partial charge in [-0.25, -0.2) is 0 Å². The Hall–Kier alpha value is -1.98. The van der Waals surface area contributed by atoms with Gasteiger partial charge in [-0.05, 0) is 54.8 Å². The van der Waals surface area contributed by atoms with Crippen molar-refractivity contribution in [1.82, 2.24) is 0 Å². The zero-order valence-electron chi connectivity index (χ0n) is 14.1. The van der Waals surface area contributed by atoms with Gasteiger partial charge in [-0.1, -0.05) is 18.2 Å². The molecular weight excluding hydrogens is 356 g/mol. The van der Waals surface area contributed by atoms with Crippen LogP contribution in [0.15, 0.2) is 42.5 Å². The number of carbonyl (C=O) groups is 2. The number of alkyl halides is 1. The van der Waals surface area contributed by atoms with Crippen molar-refractivity contribution in [3.8, 4) is 0 Å². The second kappa shape index (κ2) is 7.50. The van der Waals surface area contributed by atoms with Crippen LogP contribution in [-0.2, 0) is 9.59 Å². The lowest BCUT2D eigenvalue weighted by Gasteiger charge is -2.25. The minimum Gasteiger partial charge on any atom is -0.325 e. The van der Waals surface area contributed by atoms with E-state index in [1.165, 1.54) is 0 Å². The summed E-state index contributed by atoms with van der Waals surface area (Å²) in [6.07, 6.45) is 0. The Morgan fingerprint density at radius 1 is 1.24 bits per heavy atom. The molecule has 1 aliphatic rings. The summed E-state index contributed by atoms with van der Waals surface area (Å²) in [5.41, 5.74) is 4.82. The van der Waals surface area contributed by atoms with E-state index in [0.717, 1.165) is 22.4 Å². The van der Waals surface area contributed by atoms with Crippen molar-refractivity contribution in [3.05, 3.63) is 59.2 Å². The lowest BCUT2D eigenvalue weighted by atomic mass is 10.1. The molecule has 0 aliphatic carbocycles. The third kappa shape index (κ3) is 3.99. The second-order valence-corrected chi connectivity index (χ2v) is 7.42. The smallest absolute Gasteiger partial charge is 0.239 e. The van der Waals surface area contributed by atoms with Crippen LogP contribution in [0.2, 0.25) is 0 Å². The number of halogens is 1. The number of anilines is 2. The lowest BCUT2D eigenvalue weighted by Crippen LogP contribution is -2.28. The van der Waals surface area contributed by atoms with Gasteiger partial charge in [-0.3, -0.25) is 14.5 Å². The number of nitrogens with one attached hydrogen (secondary N) is 1. The van der Waals surface area contributed by atoms with Gasteiger partial charge in [0.2, 0.25) is 11.8 Å². The summed E-state index contributed by atoms with van der Waals surface area (Å²) < 4.78 is 0. The van der Waals surface area contributed by atoms with E-state index in [1.54, 1.807) is 11.8 Å². The molecule has 1 atom stereocenters. The Kier molecular flexibility index (Phi) is 5.35. The third-order valence-corrected chi connectivity index (χ3v) is 5.38. The van der Waals surface area contributed by atoms with E-state index in [0.29, 0.717) is 11.4 Å². The number of thioether (sulfide) groups is 1. The molecule has 1 N–H and O–H groups in total. The highest BCUT2D eigenvalue weighted by Gasteiger charge is 2.34. The molecule has 25 heavy (non-hydrogen) atoms. The number of hydrogen-bond donors (Lipinski definition) is 1. The average molecular weight is 375 g/mol. The zero-order valence-corrected chi connectivity index (χ0v) is 15.7. The van der Waals surface area contributed by atoms with E-state index in [-0.39, 0.29) is 23.1 Å². The number of benzene rings is 2. The highest BCUT2D eigenvalue weighted by Crippen LogP contribution is 2.42. The number of nitrogens with zero attached hydrogens (tertiary/aromatic N) is 1. The summed E-state index contributed by atoms with van der Waals surface area (Å²) in [6.45, 7) is 4.06. The van der Waals surface area contributed by atoms with Crippen molar-refractivity contribution in [3.63, 3.8) is 0 Å². The van der Waals surface area contributed by atoms with Gasteiger partial charge < -0.3 is 5.32 Å². The van der Waals surface area contributed by atoms with Gasteiger partial charge >= 0.3 is 0 Å². The maximum atomic E-state index is 12.5. The molecule has 1 unspecified atom stereocenters. The standard InChI is InChI=1S/C19H19ClN2O2S/c1-12-6-13(2)8-16(7-12)22-18(24)11-25-19(22)14-4-3-5-15(9-14)21-17(23)10-20/h3-9,19H,10-11H2,1-2H3,(H,21,23). The molecule has 3 rings (SSSR count). The van der Waals surface area contributed by atoms with E-state index >= 15 is 0 Å². The number of carbonyl (C=O) groups excluding carboxylic acids is 2. The van der Waals surface area contributed by atoms with Gasteiger partial charge in [0.05, 0.1) is 5.75 Å². The molecule has 1 aliphatic heterocycles. The van der Waals surface area contributed by atoms with Crippen LogP contribution >= 0.6 is 23.4 Å². The van der Waals surface area contributed by atoms with E-state index < -0.39 is 0 Å². The van der Waals surface area contributed by atoms with Gasteiger partial charge in [0, 0.05) is 11.4 Å². The molecule has 2 aromatic rings. The quantitative estimate of drug-likeness (QED) is 0.813. The normalized spacial score (nSPS) is 17.0. The predicted octanol–water partition coefficient (Wildman–Crippen LogP) is 4.26. The molecule has 0 spiro atoms. The summed E-state index contributed by atoms with van der Waals surface area (Å²) in [5.74, 6) is 0.196. The van der Waals surface area contributed by atoms with E-state index in [4.69, 9.17) is 11.6 Å². The third-order valence-electron chi connectivity index (χ3n) is 3.93. The molecule has 1 heterocycles. The zero-order chi connectivity index (χ0) is 18.0. The molecule has 1 saturated heterocycles. The molecule has 2 aromatic carbocycles. The van der Waals surface area contributed by atoms with Crippen LogP contribution in [0.1, 0.15) is 22.1 Å². The molecule has 0 bridgehead atoms. The van der Waals surface area contributed by atoms with Gasteiger partial charge in [0.1, 0.15) is 11.3 Å². The van der Waals surface area contributed by atoms with Crippen molar-refractivity contribution in [2.24, 2.45) is 0 Å². The topological polar surface area (TPSA) is 49.4 Å². The predicted molar refractivity (Wildman–Crippen MR) is 104 cm³/mol. The number of rotatable bonds is 4. The monoisotopic (exact) mass is 374 g/mol. The van der Waals surface area contributed by atoms with E-state index in [9.17, 15) is 9.59 Å². The van der Waals surface area contributed by atoms with Gasteiger partial charge in [0.15, 0.2) is 0 Å². The molecule has 0 aromatic heterocycles. The molecule has 0 radical (unpaired) electrons.